The predicted octanol–water partition coefficient (Wildman–Crippen LogP) is 2.83. The lowest BCUT2D eigenvalue weighted by Gasteiger charge is -2.17. The molecule has 0 aromatic rings. The van der Waals surface area contributed by atoms with E-state index in [0.717, 1.165) is 31.0 Å². The molecule has 1 fully saturated rings. The number of azo groups is 1. The van der Waals surface area contributed by atoms with E-state index in [9.17, 15) is 5.21 Å². The van der Waals surface area contributed by atoms with Crippen LogP contribution in [0.2, 0.25) is 0 Å². The lowest BCUT2D eigenvalue weighted by Crippen LogP contribution is -2.23. The van der Waals surface area contributed by atoms with Crippen LogP contribution in [0, 0.1) is 0 Å². The third-order valence-electron chi connectivity index (χ3n) is 2.87. The number of likely N-dealkylation sites (tertiary alicyclic amines) is 1. The molecule has 0 saturated carbocycles. The van der Waals surface area contributed by atoms with Crippen LogP contribution in [0.4, 0.5) is 0 Å². The van der Waals surface area contributed by atoms with Crippen molar-refractivity contribution in [2.24, 2.45) is 10.2 Å². The molecule has 0 atom stereocenters. The summed E-state index contributed by atoms with van der Waals surface area (Å²) >= 11 is 5.20. The zero-order valence-electron chi connectivity index (χ0n) is 10.3. The maximum Gasteiger partial charge on any atom is 0.216 e. The lowest BCUT2D eigenvalue weighted by molar-refractivity contribution is -0.00149. The normalized spacial score (nSPS) is 22.1. The van der Waals surface area contributed by atoms with Gasteiger partial charge in [-0.3, -0.25) is 5.21 Å². The SMILES string of the molecule is C/C(N=NC(=S)N1CCCC1)=C1\C=CC=CN1O. The molecule has 0 aromatic heterocycles. The summed E-state index contributed by atoms with van der Waals surface area (Å²) in [5.74, 6) is 0. The molecule has 5 nitrogen and oxygen atoms in total. The predicted molar refractivity (Wildman–Crippen MR) is 72.9 cm³/mol. The van der Waals surface area contributed by atoms with Gasteiger partial charge in [0.05, 0.1) is 11.4 Å². The molecule has 18 heavy (non-hydrogen) atoms. The molecular weight excluding hydrogens is 248 g/mol. The largest absolute Gasteiger partial charge is 0.346 e. The zero-order chi connectivity index (χ0) is 13.0. The zero-order valence-corrected chi connectivity index (χ0v) is 11.1. The van der Waals surface area contributed by atoms with Crippen molar-refractivity contribution in [3.8, 4) is 0 Å². The quantitative estimate of drug-likeness (QED) is 0.584. The monoisotopic (exact) mass is 264 g/mol. The number of thiocarbonyl (C=S) groups is 1. The Morgan fingerprint density at radius 2 is 2.00 bits per heavy atom. The van der Waals surface area contributed by atoms with E-state index in [-0.39, 0.29) is 0 Å². The highest BCUT2D eigenvalue weighted by atomic mass is 32.1. The van der Waals surface area contributed by atoms with Crippen LogP contribution in [-0.2, 0) is 0 Å². The first-order chi connectivity index (χ1) is 8.68. The Bertz CT molecular complexity index is 447. The summed E-state index contributed by atoms with van der Waals surface area (Å²) in [4.78, 5) is 2.05. The van der Waals surface area contributed by atoms with Crippen LogP contribution in [0.25, 0.3) is 0 Å². The summed E-state index contributed by atoms with van der Waals surface area (Å²) in [6, 6.07) is 0. The number of rotatable bonds is 1. The summed E-state index contributed by atoms with van der Waals surface area (Å²) in [7, 11) is 0. The minimum Gasteiger partial charge on any atom is -0.346 e. The number of hydroxylamine groups is 2. The molecule has 0 spiro atoms. The third kappa shape index (κ3) is 3.02. The minimum atomic E-state index is 0.521. The summed E-state index contributed by atoms with van der Waals surface area (Å²) in [5, 5.41) is 19.3. The van der Waals surface area contributed by atoms with Crippen LogP contribution in [-0.4, -0.2) is 33.4 Å². The molecule has 0 aromatic carbocycles. The van der Waals surface area contributed by atoms with Gasteiger partial charge < -0.3 is 4.90 Å². The van der Waals surface area contributed by atoms with Crippen molar-refractivity contribution < 1.29 is 5.21 Å². The number of hydrogen-bond acceptors (Lipinski definition) is 4. The smallest absolute Gasteiger partial charge is 0.216 e. The molecule has 0 unspecified atom stereocenters. The molecule has 0 bridgehead atoms. The second kappa shape index (κ2) is 5.88. The number of allylic oxidation sites excluding steroid dienone is 4. The molecule has 2 aliphatic heterocycles. The van der Waals surface area contributed by atoms with Gasteiger partial charge in [0.1, 0.15) is 0 Å². The van der Waals surface area contributed by atoms with Crippen LogP contribution in [0.3, 0.4) is 0 Å². The second-order valence-corrected chi connectivity index (χ2v) is 4.56. The Morgan fingerprint density at radius 1 is 1.28 bits per heavy atom. The van der Waals surface area contributed by atoms with Gasteiger partial charge in [0.25, 0.3) is 0 Å². The van der Waals surface area contributed by atoms with Gasteiger partial charge >= 0.3 is 0 Å². The van der Waals surface area contributed by atoms with Gasteiger partial charge in [-0.2, -0.15) is 5.11 Å². The fraction of sp³-hybridized carbons (Fsp3) is 0.417. The van der Waals surface area contributed by atoms with Gasteiger partial charge in [-0.05, 0) is 44.1 Å². The Morgan fingerprint density at radius 3 is 2.67 bits per heavy atom. The Kier molecular flexibility index (Phi) is 4.22. The van der Waals surface area contributed by atoms with Gasteiger partial charge in [-0.1, -0.05) is 6.08 Å². The summed E-state index contributed by atoms with van der Waals surface area (Å²) < 4.78 is 0. The average Bonchev–Trinajstić information content (AvgIpc) is 2.90. The van der Waals surface area contributed by atoms with Crippen molar-refractivity contribution in [2.45, 2.75) is 19.8 Å². The van der Waals surface area contributed by atoms with E-state index in [2.05, 4.69) is 10.2 Å². The van der Waals surface area contributed by atoms with Crippen LogP contribution in [0.5, 0.6) is 0 Å². The average molecular weight is 264 g/mol. The standard InChI is InChI=1S/C12H16N4OS/c1-10(11-6-2-3-9-16(11)17)13-14-12(18)15-7-4-5-8-15/h2-3,6,9,17H,4-5,7-8H2,1H3/b11-10-,14-13?. The third-order valence-corrected chi connectivity index (χ3v) is 3.21. The molecule has 1 saturated heterocycles. The molecule has 2 aliphatic rings. The maximum atomic E-state index is 9.61. The highest BCUT2D eigenvalue weighted by molar-refractivity contribution is 7.80. The van der Waals surface area contributed by atoms with E-state index in [1.165, 1.54) is 0 Å². The van der Waals surface area contributed by atoms with Crippen molar-refractivity contribution in [3.05, 3.63) is 35.8 Å². The van der Waals surface area contributed by atoms with E-state index in [4.69, 9.17) is 12.2 Å². The highest BCUT2D eigenvalue weighted by Crippen LogP contribution is 2.16. The van der Waals surface area contributed by atoms with Gasteiger partial charge in [0.2, 0.25) is 5.11 Å². The van der Waals surface area contributed by atoms with Crippen LogP contribution in [0.15, 0.2) is 46.1 Å². The second-order valence-electron chi connectivity index (χ2n) is 4.19. The first-order valence-corrected chi connectivity index (χ1v) is 6.34. The summed E-state index contributed by atoms with van der Waals surface area (Å²) in [6.07, 6.45) is 9.21. The van der Waals surface area contributed by atoms with E-state index in [1.807, 2.05) is 11.0 Å². The molecule has 2 heterocycles. The molecule has 0 aliphatic carbocycles. The van der Waals surface area contributed by atoms with Gasteiger partial charge in [-0.15, -0.1) is 5.11 Å². The fourth-order valence-electron chi connectivity index (χ4n) is 1.86. The maximum absolute atomic E-state index is 9.61. The molecule has 96 valence electrons. The first kappa shape index (κ1) is 12.9. The Labute approximate surface area is 112 Å². The van der Waals surface area contributed by atoms with Gasteiger partial charge in [0.15, 0.2) is 0 Å². The van der Waals surface area contributed by atoms with Gasteiger partial charge in [0, 0.05) is 19.3 Å². The van der Waals surface area contributed by atoms with Gasteiger partial charge in [-0.25, -0.2) is 5.06 Å². The highest BCUT2D eigenvalue weighted by Gasteiger charge is 2.14. The fourth-order valence-corrected chi connectivity index (χ4v) is 2.09. The van der Waals surface area contributed by atoms with Crippen LogP contribution in [0.1, 0.15) is 19.8 Å². The van der Waals surface area contributed by atoms with E-state index < -0.39 is 0 Å². The number of hydrogen-bond donors (Lipinski definition) is 1. The van der Waals surface area contributed by atoms with Crippen LogP contribution >= 0.6 is 12.2 Å². The molecule has 6 heteroatoms. The summed E-state index contributed by atoms with van der Waals surface area (Å²) in [5.41, 5.74) is 1.23. The van der Waals surface area contributed by atoms with Crippen molar-refractivity contribution >= 4 is 17.3 Å². The molecule has 0 amide bonds. The Balaban J connectivity index is 2.04. The lowest BCUT2D eigenvalue weighted by atomic mass is 10.2. The number of nitrogens with zero attached hydrogens (tertiary/aromatic N) is 4. The molecule has 1 N–H and O–H groups in total. The molecular formula is C12H16N4OS. The summed E-state index contributed by atoms with van der Waals surface area (Å²) in [6.45, 7) is 3.71. The van der Waals surface area contributed by atoms with Crippen molar-refractivity contribution in [1.29, 1.82) is 0 Å². The Hall–Kier alpha value is -1.53. The topological polar surface area (TPSA) is 51.4 Å². The minimum absolute atomic E-state index is 0.521. The van der Waals surface area contributed by atoms with Crippen molar-refractivity contribution in [2.75, 3.05) is 13.1 Å². The van der Waals surface area contributed by atoms with Crippen molar-refractivity contribution in [1.82, 2.24) is 9.96 Å². The molecule has 2 rings (SSSR count). The van der Waals surface area contributed by atoms with E-state index in [1.54, 1.807) is 25.3 Å². The van der Waals surface area contributed by atoms with E-state index >= 15 is 0 Å². The first-order valence-electron chi connectivity index (χ1n) is 5.93. The van der Waals surface area contributed by atoms with E-state index in [0.29, 0.717) is 16.5 Å². The van der Waals surface area contributed by atoms with Crippen LogP contribution < -0.4 is 0 Å². The molecule has 0 radical (unpaired) electrons. The van der Waals surface area contributed by atoms with Crippen molar-refractivity contribution in [3.63, 3.8) is 0 Å².